The Morgan fingerprint density at radius 1 is 1.46 bits per heavy atom. The van der Waals surface area contributed by atoms with E-state index in [1.54, 1.807) is 23.7 Å². The smallest absolute Gasteiger partial charge is 0.237 e. The molecule has 0 bridgehead atoms. The van der Waals surface area contributed by atoms with Crippen molar-refractivity contribution in [1.82, 2.24) is 14.6 Å². The number of carbonyl (C=O) groups is 1. The minimum Gasteiger partial charge on any atom is -0.368 e. The van der Waals surface area contributed by atoms with E-state index in [0.29, 0.717) is 0 Å². The van der Waals surface area contributed by atoms with Crippen molar-refractivity contribution < 1.29 is 4.79 Å². The van der Waals surface area contributed by atoms with Gasteiger partial charge in [0.2, 0.25) is 5.91 Å². The third kappa shape index (κ3) is 4.05. The number of amides is 1. The Kier molecular flexibility index (Phi) is 6.04. The third-order valence-corrected chi connectivity index (χ3v) is 6.41. The van der Waals surface area contributed by atoms with Crippen LogP contribution in [0.2, 0.25) is 0 Å². The third-order valence-electron chi connectivity index (χ3n) is 4.30. The van der Waals surface area contributed by atoms with Crippen LogP contribution in [0.25, 0.3) is 0 Å². The topological polar surface area (TPSA) is 74.0 Å². The van der Waals surface area contributed by atoms with E-state index in [2.05, 4.69) is 40.4 Å². The molecule has 2 atom stereocenters. The molecule has 6 nitrogen and oxygen atoms in total. The van der Waals surface area contributed by atoms with Gasteiger partial charge in [0.15, 0.2) is 0 Å². The molecule has 1 amide bonds. The highest BCUT2D eigenvalue weighted by Crippen LogP contribution is 2.34. The molecule has 1 fully saturated rings. The fourth-order valence-electron chi connectivity index (χ4n) is 2.92. The Morgan fingerprint density at radius 2 is 2.21 bits per heavy atom. The first-order chi connectivity index (χ1) is 11.7. The molecule has 3 N–H and O–H groups in total. The number of benzene rings is 1. The number of nitrogens with two attached hydrogens (primary N) is 1. The largest absolute Gasteiger partial charge is 0.368 e. The van der Waals surface area contributed by atoms with Crippen molar-refractivity contribution in [2.24, 2.45) is 10.8 Å². The van der Waals surface area contributed by atoms with Gasteiger partial charge in [-0.2, -0.15) is 5.10 Å². The number of piperazine rings is 1. The number of carbonyl (C=O) groups excluding carboxylic acids is 1. The number of aryl methyl sites for hydroxylation is 1. The van der Waals surface area contributed by atoms with Crippen LogP contribution in [0, 0.1) is 6.92 Å². The van der Waals surface area contributed by atoms with E-state index in [0.717, 1.165) is 31.9 Å². The number of rotatable bonds is 6. The first-order valence-electron chi connectivity index (χ1n) is 8.05. The van der Waals surface area contributed by atoms with Crippen LogP contribution in [0.4, 0.5) is 0 Å². The molecule has 0 radical (unpaired) electrons. The van der Waals surface area contributed by atoms with Crippen LogP contribution in [0.5, 0.6) is 0 Å². The molecule has 2 unspecified atom stereocenters. The Bertz CT molecular complexity index is 606. The zero-order valence-electron chi connectivity index (χ0n) is 13.7. The quantitative estimate of drug-likeness (QED) is 0.739. The first kappa shape index (κ1) is 17.6. The molecule has 130 valence electrons. The number of hydrazone groups is 1. The number of hydrogen-bond donors (Lipinski definition) is 2. The molecular formula is C16H23N5OS2. The van der Waals surface area contributed by atoms with Crippen molar-refractivity contribution in [3.05, 3.63) is 35.4 Å². The highest BCUT2D eigenvalue weighted by molar-refractivity contribution is 8.13. The van der Waals surface area contributed by atoms with Gasteiger partial charge in [0.05, 0.1) is 5.55 Å². The summed E-state index contributed by atoms with van der Waals surface area (Å²) in [6, 6.07) is 8.01. The van der Waals surface area contributed by atoms with E-state index in [4.69, 9.17) is 5.73 Å². The van der Waals surface area contributed by atoms with Crippen molar-refractivity contribution in [2.75, 3.05) is 26.2 Å². The van der Waals surface area contributed by atoms with Gasteiger partial charge in [-0.25, -0.2) is 4.41 Å². The summed E-state index contributed by atoms with van der Waals surface area (Å²) in [7, 11) is 0. The second-order valence-corrected chi connectivity index (χ2v) is 7.77. The van der Waals surface area contributed by atoms with Crippen molar-refractivity contribution >= 4 is 35.2 Å². The summed E-state index contributed by atoms with van der Waals surface area (Å²) in [5, 5.41) is 7.68. The van der Waals surface area contributed by atoms with Crippen molar-refractivity contribution in [3.8, 4) is 0 Å². The molecule has 1 aromatic carbocycles. The predicted octanol–water partition coefficient (Wildman–Crippen LogP) is 1.22. The molecule has 0 aromatic heterocycles. The number of hydrogen-bond acceptors (Lipinski definition) is 7. The monoisotopic (exact) mass is 365 g/mol. The normalized spacial score (nSPS) is 22.7. The van der Waals surface area contributed by atoms with E-state index in [9.17, 15) is 4.79 Å². The zero-order valence-corrected chi connectivity index (χ0v) is 15.4. The molecule has 8 heteroatoms. The molecule has 2 aliphatic heterocycles. The summed E-state index contributed by atoms with van der Waals surface area (Å²) in [6.07, 6.45) is 0. The molecule has 0 saturated carbocycles. The van der Waals surface area contributed by atoms with Gasteiger partial charge in [-0.3, -0.25) is 9.69 Å². The predicted molar refractivity (Wildman–Crippen MR) is 102 cm³/mol. The van der Waals surface area contributed by atoms with Crippen molar-refractivity contribution in [2.45, 2.75) is 24.1 Å². The average molecular weight is 366 g/mol. The highest BCUT2D eigenvalue weighted by Gasteiger charge is 2.39. The fourth-order valence-corrected chi connectivity index (χ4v) is 5.18. The maximum atomic E-state index is 12.1. The second-order valence-electron chi connectivity index (χ2n) is 5.88. The van der Waals surface area contributed by atoms with Crippen LogP contribution in [0.3, 0.4) is 0 Å². The molecule has 3 rings (SSSR count). The molecule has 0 spiro atoms. The molecule has 1 aromatic rings. The minimum atomic E-state index is -0.330. The van der Waals surface area contributed by atoms with Gasteiger partial charge >= 0.3 is 0 Å². The van der Waals surface area contributed by atoms with Crippen LogP contribution < -0.4 is 11.1 Å². The number of nitrogens with zero attached hydrogens (tertiary/aromatic N) is 3. The minimum absolute atomic E-state index is 0.0744. The van der Waals surface area contributed by atoms with Gasteiger partial charge in [-0.1, -0.05) is 36.0 Å². The molecule has 1 saturated heterocycles. The summed E-state index contributed by atoms with van der Waals surface area (Å²) in [6.45, 7) is 5.56. The van der Waals surface area contributed by atoms with E-state index in [1.165, 1.54) is 11.1 Å². The fraction of sp³-hybridized carbons (Fsp3) is 0.500. The summed E-state index contributed by atoms with van der Waals surface area (Å²) in [4.78, 5) is 14.3. The van der Waals surface area contributed by atoms with E-state index in [1.807, 2.05) is 16.0 Å². The molecular weight excluding hydrogens is 342 g/mol. The second kappa shape index (κ2) is 8.24. The van der Waals surface area contributed by atoms with Crippen LogP contribution in [-0.2, 0) is 10.5 Å². The Labute approximate surface area is 151 Å². The van der Waals surface area contributed by atoms with Gasteiger partial charge in [0, 0.05) is 31.9 Å². The Balaban J connectivity index is 1.67. The van der Waals surface area contributed by atoms with E-state index in [-0.39, 0.29) is 17.3 Å². The first-order valence-corrected chi connectivity index (χ1v) is 9.94. The van der Waals surface area contributed by atoms with Gasteiger partial charge in [0.25, 0.3) is 0 Å². The summed E-state index contributed by atoms with van der Waals surface area (Å²) >= 11 is 3.20. The van der Waals surface area contributed by atoms with Crippen LogP contribution in [-0.4, -0.2) is 58.4 Å². The number of primary amides is 1. The molecule has 2 heterocycles. The molecule has 0 aliphatic carbocycles. The van der Waals surface area contributed by atoms with Crippen LogP contribution in [0.1, 0.15) is 11.1 Å². The summed E-state index contributed by atoms with van der Waals surface area (Å²) < 4.78 is 1.94. The Morgan fingerprint density at radius 3 is 2.92 bits per heavy atom. The summed E-state index contributed by atoms with van der Waals surface area (Å²) in [5.41, 5.74) is 10.1. The lowest BCUT2D eigenvalue weighted by atomic mass is 10.1. The lowest BCUT2D eigenvalue weighted by Crippen LogP contribution is -2.58. The SMILES string of the molecule is Cc1ccccc1CSN1N=CSC1C(C(N)=O)N1CCNCC1. The lowest BCUT2D eigenvalue weighted by Gasteiger charge is -2.37. The van der Waals surface area contributed by atoms with Gasteiger partial charge in [-0.15, -0.1) is 0 Å². The number of thioether (sulfide) groups is 1. The zero-order chi connectivity index (χ0) is 16.9. The molecule has 24 heavy (non-hydrogen) atoms. The van der Waals surface area contributed by atoms with E-state index < -0.39 is 0 Å². The van der Waals surface area contributed by atoms with Gasteiger partial charge in [0.1, 0.15) is 11.4 Å². The maximum absolute atomic E-state index is 12.1. The Hall–Kier alpha value is -1.22. The van der Waals surface area contributed by atoms with Crippen molar-refractivity contribution in [1.29, 1.82) is 0 Å². The summed E-state index contributed by atoms with van der Waals surface area (Å²) in [5.74, 6) is 0.551. The lowest BCUT2D eigenvalue weighted by molar-refractivity contribution is -0.124. The van der Waals surface area contributed by atoms with Crippen LogP contribution in [0.15, 0.2) is 29.4 Å². The standard InChI is InChI=1S/C16H23N5OS2/c1-12-4-2-3-5-13(12)10-24-21-16(23-11-19-21)14(15(17)22)20-8-6-18-7-9-20/h2-5,11,14,16,18H,6-10H2,1H3,(H2,17,22). The van der Waals surface area contributed by atoms with Gasteiger partial charge in [-0.05, 0) is 30.0 Å². The van der Waals surface area contributed by atoms with Gasteiger partial charge < -0.3 is 11.1 Å². The molecule has 2 aliphatic rings. The van der Waals surface area contributed by atoms with Crippen molar-refractivity contribution in [3.63, 3.8) is 0 Å². The van der Waals surface area contributed by atoms with Crippen LogP contribution >= 0.6 is 23.7 Å². The van der Waals surface area contributed by atoms with E-state index >= 15 is 0 Å². The average Bonchev–Trinajstić information content (AvgIpc) is 3.03. The highest BCUT2D eigenvalue weighted by atomic mass is 32.2. The maximum Gasteiger partial charge on any atom is 0.237 e. The number of nitrogens with one attached hydrogen (secondary N) is 1.